The second-order valence-corrected chi connectivity index (χ2v) is 6.29. The molecule has 1 N–H and O–H groups in total. The van der Waals surface area contributed by atoms with E-state index >= 15 is 0 Å². The Kier molecular flexibility index (Phi) is 3.36. The van der Waals surface area contributed by atoms with Gasteiger partial charge in [0.25, 0.3) is 0 Å². The Morgan fingerprint density at radius 1 is 1.00 bits per heavy atom. The maximum Gasteiger partial charge on any atom is 0.230 e. The molecular formula is C19H19NO2. The topological polar surface area (TPSA) is 46.2 Å². The summed E-state index contributed by atoms with van der Waals surface area (Å²) in [4.78, 5) is 24.9. The molecular weight excluding hydrogens is 274 g/mol. The van der Waals surface area contributed by atoms with Crippen LogP contribution in [0.2, 0.25) is 0 Å². The Morgan fingerprint density at radius 3 is 2.32 bits per heavy atom. The van der Waals surface area contributed by atoms with E-state index in [0.29, 0.717) is 16.8 Å². The van der Waals surface area contributed by atoms with Crippen molar-refractivity contribution in [2.24, 2.45) is 5.41 Å². The maximum atomic E-state index is 12.5. The van der Waals surface area contributed by atoms with Crippen molar-refractivity contribution in [3.63, 3.8) is 0 Å². The number of hydrogen-bond acceptors (Lipinski definition) is 2. The normalized spacial score (nSPS) is 12.8. The Balaban J connectivity index is 2.08. The first-order valence-corrected chi connectivity index (χ1v) is 7.54. The quantitative estimate of drug-likeness (QED) is 0.783. The molecule has 1 aliphatic carbocycles. The minimum Gasteiger partial charge on any atom is -0.325 e. The molecule has 3 heteroatoms. The second-order valence-electron chi connectivity index (χ2n) is 6.29. The van der Waals surface area contributed by atoms with Gasteiger partial charge in [0.15, 0.2) is 5.78 Å². The Labute approximate surface area is 130 Å². The van der Waals surface area contributed by atoms with Crippen LogP contribution in [0.4, 0.5) is 5.69 Å². The molecule has 0 atom stereocenters. The van der Waals surface area contributed by atoms with Crippen LogP contribution in [0.3, 0.4) is 0 Å². The summed E-state index contributed by atoms with van der Waals surface area (Å²) in [6.45, 7) is 5.84. The van der Waals surface area contributed by atoms with E-state index in [0.717, 1.165) is 17.5 Å². The number of fused-ring (bicyclic) bond motifs is 3. The van der Waals surface area contributed by atoms with E-state index in [1.807, 2.05) is 63.2 Å². The van der Waals surface area contributed by atoms with Crippen LogP contribution in [0, 0.1) is 5.41 Å². The number of nitrogens with one attached hydrogen (secondary N) is 1. The zero-order valence-corrected chi connectivity index (χ0v) is 13.1. The lowest BCUT2D eigenvalue weighted by Gasteiger charge is -2.22. The highest BCUT2D eigenvalue weighted by Gasteiger charge is 2.31. The third kappa shape index (κ3) is 2.13. The lowest BCUT2D eigenvalue weighted by molar-refractivity contribution is -0.124. The van der Waals surface area contributed by atoms with Crippen LogP contribution in [0.15, 0.2) is 42.5 Å². The predicted octanol–water partition coefficient (Wildman–Crippen LogP) is 4.27. The van der Waals surface area contributed by atoms with Crippen molar-refractivity contribution in [1.29, 1.82) is 0 Å². The van der Waals surface area contributed by atoms with E-state index in [9.17, 15) is 9.59 Å². The molecule has 0 bridgehead atoms. The molecule has 112 valence electrons. The molecule has 0 fully saturated rings. The summed E-state index contributed by atoms with van der Waals surface area (Å²) in [5.74, 6) is -0.00307. The molecule has 1 amide bonds. The number of ketones is 1. The fourth-order valence-corrected chi connectivity index (χ4v) is 2.63. The summed E-state index contributed by atoms with van der Waals surface area (Å²) in [7, 11) is 0. The number of carbonyl (C=O) groups excluding carboxylic acids is 2. The first kappa shape index (κ1) is 14.5. The number of benzene rings is 2. The third-order valence-corrected chi connectivity index (χ3v) is 4.50. The van der Waals surface area contributed by atoms with E-state index in [1.165, 1.54) is 0 Å². The minimum atomic E-state index is -0.440. The van der Waals surface area contributed by atoms with E-state index in [2.05, 4.69) is 5.32 Å². The molecule has 0 saturated heterocycles. The standard InChI is InChI=1S/C19H19NO2/c1-4-19(2,3)18(22)20-15-11-7-10-14-16(15)12-8-5-6-9-13(12)17(14)21/h5-11H,4H2,1-3H3,(H,20,22). The van der Waals surface area contributed by atoms with E-state index in [4.69, 9.17) is 0 Å². The molecule has 0 spiro atoms. The van der Waals surface area contributed by atoms with Crippen LogP contribution in [0.1, 0.15) is 43.1 Å². The van der Waals surface area contributed by atoms with Gasteiger partial charge in [0.05, 0.1) is 0 Å². The number of hydrogen-bond donors (Lipinski definition) is 1. The third-order valence-electron chi connectivity index (χ3n) is 4.50. The first-order chi connectivity index (χ1) is 10.5. The Hall–Kier alpha value is -2.42. The van der Waals surface area contributed by atoms with Gasteiger partial charge in [0.1, 0.15) is 0 Å². The van der Waals surface area contributed by atoms with Crippen molar-refractivity contribution in [3.05, 3.63) is 53.6 Å². The molecule has 0 radical (unpaired) electrons. The van der Waals surface area contributed by atoms with Crippen LogP contribution in [0.25, 0.3) is 11.1 Å². The molecule has 0 saturated carbocycles. The van der Waals surface area contributed by atoms with E-state index in [-0.39, 0.29) is 11.7 Å². The number of rotatable bonds is 3. The number of amides is 1. The molecule has 0 unspecified atom stereocenters. The molecule has 0 aromatic heterocycles. The van der Waals surface area contributed by atoms with Crippen LogP contribution in [0.5, 0.6) is 0 Å². The van der Waals surface area contributed by atoms with Gasteiger partial charge < -0.3 is 5.32 Å². The van der Waals surface area contributed by atoms with Crippen molar-refractivity contribution in [2.45, 2.75) is 27.2 Å². The van der Waals surface area contributed by atoms with Gasteiger partial charge >= 0.3 is 0 Å². The van der Waals surface area contributed by atoms with Crippen molar-refractivity contribution in [1.82, 2.24) is 0 Å². The lowest BCUT2D eigenvalue weighted by Crippen LogP contribution is -2.30. The van der Waals surface area contributed by atoms with Crippen LogP contribution >= 0.6 is 0 Å². The van der Waals surface area contributed by atoms with E-state index in [1.54, 1.807) is 0 Å². The lowest BCUT2D eigenvalue weighted by atomic mass is 9.89. The smallest absolute Gasteiger partial charge is 0.230 e. The van der Waals surface area contributed by atoms with Gasteiger partial charge in [-0.05, 0) is 18.1 Å². The molecule has 3 nitrogen and oxygen atoms in total. The summed E-state index contributed by atoms with van der Waals surface area (Å²) in [6.07, 6.45) is 0.753. The van der Waals surface area contributed by atoms with Crippen molar-refractivity contribution >= 4 is 17.4 Å². The highest BCUT2D eigenvalue weighted by Crippen LogP contribution is 2.41. The van der Waals surface area contributed by atoms with Crippen LogP contribution in [-0.2, 0) is 4.79 Å². The maximum absolute atomic E-state index is 12.5. The highest BCUT2D eigenvalue weighted by atomic mass is 16.2. The van der Waals surface area contributed by atoms with Crippen molar-refractivity contribution < 1.29 is 9.59 Å². The summed E-state index contributed by atoms with van der Waals surface area (Å²) >= 11 is 0. The highest BCUT2D eigenvalue weighted by molar-refractivity contribution is 6.24. The Bertz CT molecular complexity index is 775. The largest absolute Gasteiger partial charge is 0.325 e. The first-order valence-electron chi connectivity index (χ1n) is 7.54. The number of anilines is 1. The van der Waals surface area contributed by atoms with Gasteiger partial charge in [-0.2, -0.15) is 0 Å². The predicted molar refractivity (Wildman–Crippen MR) is 88.0 cm³/mol. The molecule has 1 aliphatic rings. The van der Waals surface area contributed by atoms with Gasteiger partial charge in [-0.1, -0.05) is 57.2 Å². The number of carbonyl (C=O) groups is 2. The molecule has 0 aliphatic heterocycles. The molecule has 2 aromatic carbocycles. The minimum absolute atomic E-state index is 0.0245. The van der Waals surface area contributed by atoms with Crippen molar-refractivity contribution in [2.75, 3.05) is 5.32 Å². The van der Waals surface area contributed by atoms with Gasteiger partial charge in [0, 0.05) is 27.8 Å². The van der Waals surface area contributed by atoms with Gasteiger partial charge in [-0.15, -0.1) is 0 Å². The average Bonchev–Trinajstić information content (AvgIpc) is 2.82. The van der Waals surface area contributed by atoms with Gasteiger partial charge in [-0.3, -0.25) is 9.59 Å². The molecule has 0 heterocycles. The zero-order valence-electron chi connectivity index (χ0n) is 13.1. The van der Waals surface area contributed by atoms with Crippen LogP contribution in [-0.4, -0.2) is 11.7 Å². The monoisotopic (exact) mass is 293 g/mol. The summed E-state index contributed by atoms with van der Waals surface area (Å²) in [5, 5.41) is 3.00. The molecule has 2 aromatic rings. The van der Waals surface area contributed by atoms with Crippen molar-refractivity contribution in [3.8, 4) is 11.1 Å². The fraction of sp³-hybridized carbons (Fsp3) is 0.263. The summed E-state index contributed by atoms with van der Waals surface area (Å²) in [5.41, 5.74) is 3.37. The fourth-order valence-electron chi connectivity index (χ4n) is 2.63. The SMILES string of the molecule is CCC(C)(C)C(=O)Nc1cccc2c1-c1ccccc1C2=O. The Morgan fingerprint density at radius 2 is 1.64 bits per heavy atom. The summed E-state index contributed by atoms with van der Waals surface area (Å²) < 4.78 is 0. The average molecular weight is 293 g/mol. The van der Waals surface area contributed by atoms with Gasteiger partial charge in [0.2, 0.25) is 5.91 Å². The van der Waals surface area contributed by atoms with E-state index < -0.39 is 5.41 Å². The van der Waals surface area contributed by atoms with Gasteiger partial charge in [-0.25, -0.2) is 0 Å². The second kappa shape index (κ2) is 5.09. The molecule has 3 rings (SSSR count). The zero-order chi connectivity index (χ0) is 15.9. The van der Waals surface area contributed by atoms with Crippen LogP contribution < -0.4 is 5.32 Å². The summed E-state index contributed by atoms with van der Waals surface area (Å²) in [6, 6.07) is 13.0. The molecule has 22 heavy (non-hydrogen) atoms.